The fourth-order valence-electron chi connectivity index (χ4n) is 1.61. The van der Waals surface area contributed by atoms with Crippen LogP contribution in [0, 0.1) is 0 Å². The Bertz CT molecular complexity index is 362. The summed E-state index contributed by atoms with van der Waals surface area (Å²) in [6.07, 6.45) is 4.93. The van der Waals surface area contributed by atoms with Gasteiger partial charge in [-0.15, -0.1) is 12.4 Å². The van der Waals surface area contributed by atoms with Crippen LogP contribution >= 0.6 is 12.4 Å². The second-order valence-electron chi connectivity index (χ2n) is 3.19. The summed E-state index contributed by atoms with van der Waals surface area (Å²) in [5, 5.41) is 0. The molecule has 1 aromatic rings. The number of fused-ring (bicyclic) bond motifs is 1. The number of rotatable bonds is 1. The van der Waals surface area contributed by atoms with Crippen LogP contribution in [-0.2, 0) is 4.79 Å². The lowest BCUT2D eigenvalue weighted by atomic mass is 9.98. The van der Waals surface area contributed by atoms with E-state index in [4.69, 9.17) is 0 Å². The number of hydrogen-bond acceptors (Lipinski definition) is 2. The van der Waals surface area contributed by atoms with Gasteiger partial charge in [0.2, 0.25) is 0 Å². The quantitative estimate of drug-likeness (QED) is 0.662. The van der Waals surface area contributed by atoms with Crippen molar-refractivity contribution in [1.29, 1.82) is 0 Å². The summed E-state index contributed by atoms with van der Waals surface area (Å²) in [7, 11) is 1.91. The number of carbonyl (C=O) groups is 1. The summed E-state index contributed by atoms with van der Waals surface area (Å²) in [6.45, 7) is 0. The topological polar surface area (TPSA) is 20.3 Å². The van der Waals surface area contributed by atoms with E-state index < -0.39 is 0 Å². The van der Waals surface area contributed by atoms with Crippen LogP contribution in [-0.4, -0.2) is 18.2 Å². The average Bonchev–Trinajstić information content (AvgIpc) is 2.18. The van der Waals surface area contributed by atoms with Gasteiger partial charge in [-0.05, 0) is 17.2 Å². The first-order valence-electron chi connectivity index (χ1n) is 4.27. The van der Waals surface area contributed by atoms with Gasteiger partial charge in [-0.25, -0.2) is 0 Å². The molecule has 0 saturated carbocycles. The number of hydrogen-bond donors (Lipinski definition) is 0. The van der Waals surface area contributed by atoms with Crippen LogP contribution in [0.1, 0.15) is 17.2 Å². The third-order valence-corrected chi connectivity index (χ3v) is 2.37. The van der Waals surface area contributed by atoms with Gasteiger partial charge in [0, 0.05) is 13.2 Å². The Morgan fingerprint density at radius 1 is 1.36 bits per heavy atom. The second-order valence-corrected chi connectivity index (χ2v) is 3.19. The van der Waals surface area contributed by atoms with Crippen LogP contribution in [0.15, 0.2) is 30.5 Å². The van der Waals surface area contributed by atoms with Gasteiger partial charge in [-0.3, -0.25) is 0 Å². The zero-order valence-electron chi connectivity index (χ0n) is 7.88. The average molecular weight is 210 g/mol. The number of nitrogens with zero attached hydrogens (tertiary/aromatic N) is 1. The first-order valence-corrected chi connectivity index (χ1v) is 4.27. The van der Waals surface area contributed by atoms with Gasteiger partial charge in [0.1, 0.15) is 12.3 Å². The van der Waals surface area contributed by atoms with Crippen molar-refractivity contribution in [1.82, 2.24) is 4.90 Å². The summed E-state index contributed by atoms with van der Waals surface area (Å²) < 4.78 is 0. The van der Waals surface area contributed by atoms with E-state index in [2.05, 4.69) is 0 Å². The van der Waals surface area contributed by atoms with Crippen molar-refractivity contribution in [3.8, 4) is 0 Å². The standard InChI is InChI=1S/C11H11NO.ClH/c1-12-7-6-9-4-2-3-5-10(9)11(12)8-13;/h2-8,11H,1H3;1H. The number of carbonyl (C=O) groups excluding carboxylic acids is 1. The molecule has 1 atom stereocenters. The molecule has 0 aromatic heterocycles. The zero-order valence-corrected chi connectivity index (χ0v) is 8.70. The van der Waals surface area contributed by atoms with Gasteiger partial charge >= 0.3 is 0 Å². The predicted molar refractivity (Wildman–Crippen MR) is 59.3 cm³/mol. The number of aldehydes is 1. The summed E-state index contributed by atoms with van der Waals surface area (Å²) in [5.41, 5.74) is 2.22. The highest BCUT2D eigenvalue weighted by molar-refractivity contribution is 5.85. The maximum absolute atomic E-state index is 10.9. The molecule has 2 nitrogen and oxygen atoms in total. The Labute approximate surface area is 89.6 Å². The Morgan fingerprint density at radius 3 is 2.79 bits per heavy atom. The molecule has 0 amide bonds. The van der Waals surface area contributed by atoms with Crippen LogP contribution in [0.5, 0.6) is 0 Å². The minimum absolute atomic E-state index is 0. The van der Waals surface area contributed by atoms with E-state index in [1.807, 2.05) is 48.5 Å². The fourth-order valence-corrected chi connectivity index (χ4v) is 1.61. The van der Waals surface area contributed by atoms with Crippen LogP contribution in [0.2, 0.25) is 0 Å². The van der Waals surface area contributed by atoms with E-state index in [1.165, 1.54) is 0 Å². The second kappa shape index (κ2) is 4.29. The molecule has 74 valence electrons. The highest BCUT2D eigenvalue weighted by Gasteiger charge is 2.18. The molecule has 1 aromatic carbocycles. The van der Waals surface area contributed by atoms with E-state index >= 15 is 0 Å². The minimum atomic E-state index is -0.124. The first-order chi connectivity index (χ1) is 6.33. The minimum Gasteiger partial charge on any atom is -0.367 e. The van der Waals surface area contributed by atoms with Gasteiger partial charge in [0.05, 0.1) is 0 Å². The Kier molecular flexibility index (Phi) is 3.31. The van der Waals surface area contributed by atoms with Crippen molar-refractivity contribution >= 4 is 24.8 Å². The number of benzene rings is 1. The van der Waals surface area contributed by atoms with Gasteiger partial charge in [-0.2, -0.15) is 0 Å². The monoisotopic (exact) mass is 209 g/mol. The molecule has 1 aliphatic heterocycles. The molecule has 0 saturated heterocycles. The zero-order chi connectivity index (χ0) is 9.26. The third kappa shape index (κ3) is 1.66. The highest BCUT2D eigenvalue weighted by Crippen LogP contribution is 2.26. The molecule has 1 unspecified atom stereocenters. The number of likely N-dealkylation sites (N-methyl/N-ethyl adjacent to an activating group) is 1. The van der Waals surface area contributed by atoms with Crippen LogP contribution in [0.3, 0.4) is 0 Å². The summed E-state index contributed by atoms with van der Waals surface area (Å²) in [4.78, 5) is 12.8. The lowest BCUT2D eigenvalue weighted by Gasteiger charge is -2.27. The van der Waals surface area contributed by atoms with Gasteiger partial charge in [0.25, 0.3) is 0 Å². The van der Waals surface area contributed by atoms with E-state index in [1.54, 1.807) is 0 Å². The molecule has 0 bridgehead atoms. The molecule has 0 spiro atoms. The SMILES string of the molecule is CN1C=Cc2ccccc2C1C=O.Cl. The van der Waals surface area contributed by atoms with Crippen molar-refractivity contribution in [2.45, 2.75) is 6.04 Å². The maximum Gasteiger partial charge on any atom is 0.146 e. The molecular weight excluding hydrogens is 198 g/mol. The van der Waals surface area contributed by atoms with E-state index in [9.17, 15) is 4.79 Å². The van der Waals surface area contributed by atoms with Crippen molar-refractivity contribution < 1.29 is 4.79 Å². The number of halogens is 1. The maximum atomic E-state index is 10.9. The van der Waals surface area contributed by atoms with Crippen LogP contribution in [0.4, 0.5) is 0 Å². The van der Waals surface area contributed by atoms with Crippen LogP contribution < -0.4 is 0 Å². The Morgan fingerprint density at radius 2 is 2.07 bits per heavy atom. The largest absolute Gasteiger partial charge is 0.367 e. The molecule has 1 heterocycles. The summed E-state index contributed by atoms with van der Waals surface area (Å²) in [6, 6.07) is 7.84. The van der Waals surface area contributed by atoms with Crippen LogP contribution in [0.25, 0.3) is 6.08 Å². The van der Waals surface area contributed by atoms with Gasteiger partial charge in [0.15, 0.2) is 0 Å². The molecule has 0 radical (unpaired) electrons. The molecule has 0 fully saturated rings. The van der Waals surface area contributed by atoms with Crippen molar-refractivity contribution in [2.24, 2.45) is 0 Å². The van der Waals surface area contributed by atoms with E-state index in [0.29, 0.717) is 0 Å². The molecule has 2 rings (SSSR count). The normalized spacial score (nSPS) is 18.4. The molecule has 1 aliphatic rings. The molecule has 14 heavy (non-hydrogen) atoms. The first kappa shape index (κ1) is 10.8. The van der Waals surface area contributed by atoms with Crippen molar-refractivity contribution in [2.75, 3.05) is 7.05 Å². The van der Waals surface area contributed by atoms with Crippen molar-refractivity contribution in [3.05, 3.63) is 41.6 Å². The molecular formula is C11H12ClNO. The summed E-state index contributed by atoms with van der Waals surface area (Å²) in [5.74, 6) is 0. The lowest BCUT2D eigenvalue weighted by Crippen LogP contribution is -2.23. The predicted octanol–water partition coefficient (Wildman–Crippen LogP) is 2.26. The third-order valence-electron chi connectivity index (χ3n) is 2.37. The smallest absolute Gasteiger partial charge is 0.146 e. The molecule has 0 N–H and O–H groups in total. The Hall–Kier alpha value is -1.28. The van der Waals surface area contributed by atoms with E-state index in [0.717, 1.165) is 17.4 Å². The Balaban J connectivity index is 0.000000980. The highest BCUT2D eigenvalue weighted by atomic mass is 35.5. The molecule has 3 heteroatoms. The fraction of sp³-hybridized carbons (Fsp3) is 0.182. The molecule has 0 aliphatic carbocycles. The van der Waals surface area contributed by atoms with Gasteiger partial charge in [-0.1, -0.05) is 24.3 Å². The van der Waals surface area contributed by atoms with E-state index in [-0.39, 0.29) is 18.4 Å². The summed E-state index contributed by atoms with van der Waals surface area (Å²) >= 11 is 0. The van der Waals surface area contributed by atoms with Crippen molar-refractivity contribution in [3.63, 3.8) is 0 Å². The lowest BCUT2D eigenvalue weighted by molar-refractivity contribution is -0.111. The van der Waals surface area contributed by atoms with Gasteiger partial charge < -0.3 is 9.69 Å².